The molecule has 0 spiro atoms. The molecule has 2 heterocycles. The van der Waals surface area contributed by atoms with Gasteiger partial charge in [0, 0.05) is 20.2 Å². The first-order valence-electron chi connectivity index (χ1n) is 28.4. The lowest BCUT2D eigenvalue weighted by Gasteiger charge is -2.07. The number of nitrogens with zero attached hydrogens (tertiary/aromatic N) is 3. The molecule has 0 bridgehead atoms. The van der Waals surface area contributed by atoms with Gasteiger partial charge in [-0.3, -0.25) is 0 Å². The number of amides is 4. The number of aryl methyl sites for hydroxylation is 2. The normalized spacial score (nSPS) is 9.23. The van der Waals surface area contributed by atoms with Crippen LogP contribution in [-0.2, 0) is 0 Å². The predicted molar refractivity (Wildman–Crippen MR) is 364 cm³/mol. The number of anilines is 2. The van der Waals surface area contributed by atoms with Crippen molar-refractivity contribution in [3.05, 3.63) is 90.4 Å². The van der Waals surface area contributed by atoms with Gasteiger partial charge in [0.2, 0.25) is 5.88 Å². The second-order valence-corrected chi connectivity index (χ2v) is 13.4. The van der Waals surface area contributed by atoms with Crippen LogP contribution in [0.3, 0.4) is 0 Å². The number of hydrogen-bond donors (Lipinski definition) is 4. The molecule has 2 aliphatic rings. The van der Waals surface area contributed by atoms with Gasteiger partial charge in [0.1, 0.15) is 11.5 Å². The van der Waals surface area contributed by atoms with Crippen LogP contribution in [0.2, 0.25) is 0 Å². The summed E-state index contributed by atoms with van der Waals surface area (Å²) in [5.41, 5.74) is 3.43. The van der Waals surface area contributed by atoms with Crippen LogP contribution in [0.25, 0.3) is 0 Å². The minimum absolute atomic E-state index is 0. The van der Waals surface area contributed by atoms with Gasteiger partial charge in [-0.15, -0.1) is 6.42 Å². The molecule has 0 unspecified atom stereocenters. The summed E-state index contributed by atoms with van der Waals surface area (Å²) in [6.07, 6.45) is 27.3. The van der Waals surface area contributed by atoms with E-state index in [1.165, 1.54) is 102 Å². The molecule has 6 rings (SSSR count). The van der Waals surface area contributed by atoms with E-state index in [0.717, 1.165) is 11.3 Å². The molecule has 2 fully saturated rings. The highest BCUT2D eigenvalue weighted by Crippen LogP contribution is 2.21. The number of carbonyl (C=O) groups excluding carboxylic acids is 2. The van der Waals surface area contributed by atoms with E-state index in [0.29, 0.717) is 23.0 Å². The van der Waals surface area contributed by atoms with E-state index >= 15 is 0 Å². The van der Waals surface area contributed by atoms with Crippen molar-refractivity contribution >= 4 is 23.4 Å². The van der Waals surface area contributed by atoms with Crippen LogP contribution >= 0.6 is 0 Å². The summed E-state index contributed by atoms with van der Waals surface area (Å²) in [6, 6.07) is 18.3. The molecule has 2 saturated carbocycles. The van der Waals surface area contributed by atoms with Gasteiger partial charge < -0.3 is 30.7 Å². The van der Waals surface area contributed by atoms with Gasteiger partial charge in [-0.25, -0.2) is 24.5 Å². The lowest BCUT2D eigenvalue weighted by molar-refractivity contribution is 0.253. The monoisotopic (exact) mass is 1120 g/mol. The Balaban J connectivity index is -0.0000000816. The number of urea groups is 2. The lowest BCUT2D eigenvalue weighted by Crippen LogP contribution is -2.24. The molecule has 81 heavy (non-hydrogen) atoms. The number of rotatable bonds is 6. The van der Waals surface area contributed by atoms with Crippen molar-refractivity contribution < 1.29 is 19.1 Å². The Kier molecular flexibility index (Phi) is 106. The van der Waals surface area contributed by atoms with E-state index in [-0.39, 0.29) is 47.8 Å². The van der Waals surface area contributed by atoms with Crippen molar-refractivity contribution in [3.63, 3.8) is 0 Å². The lowest BCUT2D eigenvalue weighted by atomic mass is 10.0. The third kappa shape index (κ3) is 68.7. The molecular weight excluding hydrogens is 1000 g/mol. The summed E-state index contributed by atoms with van der Waals surface area (Å²) in [5.74, 6) is 23.8. The van der Waals surface area contributed by atoms with E-state index in [1.54, 1.807) is 32.3 Å². The van der Waals surface area contributed by atoms with E-state index < -0.39 is 0 Å². The van der Waals surface area contributed by atoms with Crippen molar-refractivity contribution in [2.24, 2.45) is 0 Å². The summed E-state index contributed by atoms with van der Waals surface area (Å²) >= 11 is 0. The van der Waals surface area contributed by atoms with Crippen LogP contribution in [0.4, 0.5) is 21.0 Å². The van der Waals surface area contributed by atoms with Crippen LogP contribution in [-0.4, -0.2) is 41.1 Å². The molecule has 2 aliphatic carbocycles. The van der Waals surface area contributed by atoms with Gasteiger partial charge in [-0.1, -0.05) is 259 Å². The molecule has 0 saturated heterocycles. The Hall–Kier alpha value is -7.39. The first-order valence-corrected chi connectivity index (χ1v) is 28.4. The second kappa shape index (κ2) is 86.5. The molecule has 4 aromatic rings. The molecule has 0 atom stereocenters. The Morgan fingerprint density at radius 2 is 0.716 bits per heavy atom. The van der Waals surface area contributed by atoms with Crippen molar-refractivity contribution in [1.82, 2.24) is 25.6 Å². The predicted octanol–water partition coefficient (Wildman–Crippen LogP) is 21.4. The molecule has 2 aromatic carbocycles. The molecule has 2 aromatic heterocycles. The number of hydrogen-bond acceptors (Lipinski definition) is 7. The number of benzene rings is 2. The highest BCUT2D eigenvalue weighted by atomic mass is 16.5. The highest BCUT2D eigenvalue weighted by Gasteiger charge is 2.04. The fourth-order valence-electron chi connectivity index (χ4n) is 5.15. The molecule has 460 valence electrons. The molecule has 0 aliphatic heterocycles. The maximum absolute atomic E-state index is 11.1. The maximum Gasteiger partial charge on any atom is 0.322 e. The summed E-state index contributed by atoms with van der Waals surface area (Å²) in [4.78, 5) is 34.3. The zero-order chi connectivity index (χ0) is 60.2. The minimum Gasteiger partial charge on any atom is -0.439 e. The molecule has 4 amide bonds. The van der Waals surface area contributed by atoms with E-state index in [4.69, 9.17) is 15.9 Å². The van der Waals surface area contributed by atoms with Crippen molar-refractivity contribution in [2.45, 2.75) is 238 Å². The summed E-state index contributed by atoms with van der Waals surface area (Å²) < 4.78 is 11.0. The smallest absolute Gasteiger partial charge is 0.322 e. The zero-order valence-electron chi connectivity index (χ0n) is 52.0. The third-order valence-corrected chi connectivity index (χ3v) is 8.38. The Labute approximate surface area is 502 Å². The fraction of sp³-hybridized carbons (Fsp3) is 0.529. The van der Waals surface area contributed by atoms with Crippen LogP contribution in [0.1, 0.15) is 236 Å². The summed E-state index contributed by atoms with van der Waals surface area (Å²) in [6.45, 7) is 37.7. The Bertz CT molecular complexity index is 2030. The van der Waals surface area contributed by atoms with Crippen LogP contribution in [0.15, 0.2) is 79.3 Å². The van der Waals surface area contributed by atoms with E-state index in [9.17, 15) is 9.59 Å². The third-order valence-electron chi connectivity index (χ3n) is 8.38. The van der Waals surface area contributed by atoms with E-state index in [2.05, 4.69) is 89.5 Å². The van der Waals surface area contributed by atoms with E-state index in [1.807, 2.05) is 173 Å². The van der Waals surface area contributed by atoms with Gasteiger partial charge in [-0.2, -0.15) is 0 Å². The summed E-state index contributed by atoms with van der Waals surface area (Å²) in [5, 5.41) is 10.1. The average Bonchev–Trinajstić information content (AvgIpc) is 3.52. The quantitative estimate of drug-likeness (QED) is 0.141. The number of aromatic nitrogens is 3. The molecule has 11 nitrogen and oxygen atoms in total. The molecular formula is C70H121N7O4. The minimum atomic E-state index is -0.323. The largest absolute Gasteiger partial charge is 0.439 e. The molecule has 11 heteroatoms. The fourth-order valence-corrected chi connectivity index (χ4v) is 5.15. The number of nitrogens with one attached hydrogen (secondary N) is 4. The highest BCUT2D eigenvalue weighted by molar-refractivity contribution is 5.89. The van der Waals surface area contributed by atoms with Gasteiger partial charge in [0.25, 0.3) is 0 Å². The first kappa shape index (κ1) is 99.0. The van der Waals surface area contributed by atoms with Gasteiger partial charge in [-0.05, 0) is 98.5 Å². The molecule has 4 N–H and O–H groups in total. The molecule has 0 radical (unpaired) electrons. The number of pyridine rings is 1. The van der Waals surface area contributed by atoms with Crippen LogP contribution in [0, 0.1) is 73.6 Å². The van der Waals surface area contributed by atoms with Gasteiger partial charge >= 0.3 is 18.1 Å². The SMILES string of the molecule is C.C.C.C.C#CC#CC#CC#CC#CC.C1CCCCC1.C1CCCCC1.CC.CC.CC.CC.CC.CC.CC.CC.CNC(=O)Nc1ccc(Oc2ccc(C)cc2)nc1.CNC(=O)Nc1cnc(Oc2ccc(C)cc2)nc1. The van der Waals surface area contributed by atoms with Gasteiger partial charge in [0.15, 0.2) is 0 Å². The number of carbonyl (C=O) groups is 2. The first-order chi connectivity index (χ1) is 37.8. The van der Waals surface area contributed by atoms with Crippen molar-refractivity contribution in [1.29, 1.82) is 0 Å². The maximum atomic E-state index is 11.1. The van der Waals surface area contributed by atoms with Crippen LogP contribution in [0.5, 0.6) is 23.4 Å². The topological polar surface area (TPSA) is 139 Å². The van der Waals surface area contributed by atoms with Crippen LogP contribution < -0.4 is 30.7 Å². The number of ether oxygens (including phenoxy) is 2. The second-order valence-electron chi connectivity index (χ2n) is 13.4. The number of terminal acetylenes is 1. The van der Waals surface area contributed by atoms with Crippen molar-refractivity contribution in [2.75, 3.05) is 24.7 Å². The average molecular weight is 1120 g/mol. The standard InChI is InChI=1S/C14H15N3O2.C13H14N4O2.C11H4.2C6H12.8C2H6.4CH4/c1-10-3-6-12(7-4-10)19-13-8-5-11(9-16-13)17-14(18)15-2;1-9-3-5-11(6-4-9)19-13-15-7-10(8-16-13)17-12(18)14-2;1-3-5-7-9-11-10-8-6-4-2;2*1-2-4-6-5-3-1;8*1-2;;;;/h3-9H,1-2H3,(H2,15,17,18);3-8H,1-2H3,(H2,14,17,18);1H,2H3;2*1-6H2;8*1-2H3;4*1H4. The zero-order valence-corrected chi connectivity index (χ0v) is 52.0. The van der Waals surface area contributed by atoms with Gasteiger partial charge in [0.05, 0.1) is 30.0 Å². The Morgan fingerprint density at radius 3 is 1.01 bits per heavy atom. The summed E-state index contributed by atoms with van der Waals surface area (Å²) in [7, 11) is 3.09. The Morgan fingerprint density at radius 1 is 0.420 bits per heavy atom. The van der Waals surface area contributed by atoms with Crippen molar-refractivity contribution in [3.8, 4) is 83.1 Å².